The number of amides is 3. The first-order valence-corrected chi connectivity index (χ1v) is 10.1. The van der Waals surface area contributed by atoms with Crippen molar-refractivity contribution in [2.24, 2.45) is 5.92 Å². The summed E-state index contributed by atoms with van der Waals surface area (Å²) in [5.74, 6) is 0.562. The highest BCUT2D eigenvalue weighted by Crippen LogP contribution is 2.21. The van der Waals surface area contributed by atoms with Crippen molar-refractivity contribution in [2.75, 3.05) is 25.5 Å². The van der Waals surface area contributed by atoms with Crippen molar-refractivity contribution >= 4 is 29.4 Å². The Kier molecular flexibility index (Phi) is 6.69. The number of aromatic nitrogens is 2. The highest BCUT2D eigenvalue weighted by Gasteiger charge is 2.28. The molecular weight excluding hydrogens is 390 g/mol. The molecule has 0 atom stereocenters. The summed E-state index contributed by atoms with van der Waals surface area (Å²) in [6.45, 7) is 5.17. The van der Waals surface area contributed by atoms with Crippen LogP contribution in [0.3, 0.4) is 0 Å². The Balaban J connectivity index is 1.55. The fraction of sp³-hybridized carbons (Fsp3) is 0.429. The van der Waals surface area contributed by atoms with E-state index >= 15 is 0 Å². The first-order valence-electron chi connectivity index (χ1n) is 9.75. The Morgan fingerprint density at radius 3 is 2.52 bits per heavy atom. The van der Waals surface area contributed by atoms with Crippen LogP contribution in [0.5, 0.6) is 0 Å². The summed E-state index contributed by atoms with van der Waals surface area (Å²) in [7, 11) is 1.77. The van der Waals surface area contributed by atoms with Gasteiger partial charge in [-0.15, -0.1) is 0 Å². The second kappa shape index (κ2) is 9.22. The number of hydrogen-bond acceptors (Lipinski definition) is 4. The number of benzene rings is 1. The van der Waals surface area contributed by atoms with E-state index in [9.17, 15) is 9.59 Å². The lowest BCUT2D eigenvalue weighted by molar-refractivity contribution is -0.135. The van der Waals surface area contributed by atoms with Gasteiger partial charge in [0.15, 0.2) is 5.82 Å². The minimum absolute atomic E-state index is 0.000959. The zero-order chi connectivity index (χ0) is 21.0. The van der Waals surface area contributed by atoms with E-state index in [4.69, 9.17) is 11.6 Å². The van der Waals surface area contributed by atoms with Crippen molar-refractivity contribution in [3.05, 3.63) is 41.7 Å². The van der Waals surface area contributed by atoms with Gasteiger partial charge in [0.05, 0.1) is 18.1 Å². The minimum atomic E-state index is -0.233. The first kappa shape index (κ1) is 21.0. The molecular formula is C21H26ClN5O2. The zero-order valence-electron chi connectivity index (χ0n) is 16.9. The van der Waals surface area contributed by atoms with E-state index in [1.807, 2.05) is 36.9 Å². The van der Waals surface area contributed by atoms with Gasteiger partial charge in [-0.2, -0.15) is 0 Å². The van der Waals surface area contributed by atoms with Crippen LogP contribution in [0.15, 0.2) is 36.7 Å². The van der Waals surface area contributed by atoms with Crippen LogP contribution in [-0.4, -0.2) is 57.9 Å². The largest absolute Gasteiger partial charge is 0.342 e. The molecule has 7 nitrogen and oxygen atoms in total. The lowest BCUT2D eigenvalue weighted by atomic mass is 10.0. The number of carbonyl (C=O) groups is 2. The number of hydrogen-bond donors (Lipinski definition) is 1. The highest BCUT2D eigenvalue weighted by atomic mass is 35.5. The van der Waals surface area contributed by atoms with Crippen LogP contribution < -0.4 is 5.32 Å². The van der Waals surface area contributed by atoms with Gasteiger partial charge < -0.3 is 9.80 Å². The lowest BCUT2D eigenvalue weighted by Crippen LogP contribution is -2.49. The van der Waals surface area contributed by atoms with E-state index < -0.39 is 0 Å². The van der Waals surface area contributed by atoms with Gasteiger partial charge in [0.1, 0.15) is 0 Å². The number of halogens is 1. The molecule has 1 aromatic heterocycles. The maximum atomic E-state index is 12.6. The number of piperidine rings is 1. The maximum Gasteiger partial charge on any atom is 0.323 e. The molecule has 0 bridgehead atoms. The summed E-state index contributed by atoms with van der Waals surface area (Å²) < 4.78 is 0. The molecule has 0 unspecified atom stereocenters. The fourth-order valence-corrected chi connectivity index (χ4v) is 3.58. The third-order valence-corrected chi connectivity index (χ3v) is 5.38. The predicted octanol–water partition coefficient (Wildman–Crippen LogP) is 3.91. The van der Waals surface area contributed by atoms with Crippen LogP contribution in [0.25, 0.3) is 11.3 Å². The summed E-state index contributed by atoms with van der Waals surface area (Å²) in [6.07, 6.45) is 4.67. The summed E-state index contributed by atoms with van der Waals surface area (Å²) in [6, 6.07) is 7.22. The van der Waals surface area contributed by atoms with E-state index in [0.717, 1.165) is 18.4 Å². The van der Waals surface area contributed by atoms with Crippen LogP contribution in [-0.2, 0) is 4.79 Å². The molecule has 154 valence electrons. The molecule has 1 aliphatic rings. The van der Waals surface area contributed by atoms with E-state index in [2.05, 4.69) is 15.3 Å². The van der Waals surface area contributed by atoms with Crippen LogP contribution in [0, 0.1) is 5.92 Å². The SMILES string of the molecule is CC(C)C(=O)N1CCC(N(C)C(=O)Nc2cnc(-c3cccc(Cl)c3)cn2)CC1. The molecule has 0 spiro atoms. The third-order valence-electron chi connectivity index (χ3n) is 5.15. The standard InChI is InChI=1S/C21H26ClN5O2/c1-14(2)20(28)27-9-7-17(8-10-27)26(3)21(29)25-19-13-23-18(12-24-19)15-5-4-6-16(22)11-15/h4-6,11-14,17H,7-10H2,1-3H3,(H,24,25,29). The van der Waals surface area contributed by atoms with E-state index in [1.54, 1.807) is 24.2 Å². The second-order valence-corrected chi connectivity index (χ2v) is 7.99. The number of rotatable bonds is 4. The van der Waals surface area contributed by atoms with E-state index in [-0.39, 0.29) is 23.9 Å². The molecule has 0 aliphatic carbocycles. The highest BCUT2D eigenvalue weighted by molar-refractivity contribution is 6.30. The minimum Gasteiger partial charge on any atom is -0.342 e. The van der Waals surface area contributed by atoms with Crippen molar-refractivity contribution < 1.29 is 9.59 Å². The van der Waals surface area contributed by atoms with Crippen molar-refractivity contribution in [3.63, 3.8) is 0 Å². The monoisotopic (exact) mass is 415 g/mol. The average Bonchev–Trinajstić information content (AvgIpc) is 2.73. The summed E-state index contributed by atoms with van der Waals surface area (Å²) in [4.78, 5) is 36.9. The summed E-state index contributed by atoms with van der Waals surface area (Å²) >= 11 is 6.01. The molecule has 1 N–H and O–H groups in total. The van der Waals surface area contributed by atoms with Gasteiger partial charge in [-0.05, 0) is 25.0 Å². The van der Waals surface area contributed by atoms with Crippen molar-refractivity contribution in [2.45, 2.75) is 32.7 Å². The molecule has 3 rings (SSSR count). The van der Waals surface area contributed by atoms with Gasteiger partial charge in [-0.1, -0.05) is 37.6 Å². The third kappa shape index (κ3) is 5.23. The molecule has 1 aromatic carbocycles. The molecule has 29 heavy (non-hydrogen) atoms. The molecule has 0 saturated carbocycles. The number of nitrogens with one attached hydrogen (secondary N) is 1. The zero-order valence-corrected chi connectivity index (χ0v) is 17.7. The van der Waals surface area contributed by atoms with E-state index in [1.165, 1.54) is 6.20 Å². The molecule has 2 aromatic rings. The Morgan fingerprint density at radius 2 is 1.93 bits per heavy atom. The molecule has 8 heteroatoms. The smallest absolute Gasteiger partial charge is 0.323 e. The fourth-order valence-electron chi connectivity index (χ4n) is 3.39. The molecule has 1 saturated heterocycles. The van der Waals surface area contributed by atoms with Crippen molar-refractivity contribution in [1.82, 2.24) is 19.8 Å². The van der Waals surface area contributed by atoms with Gasteiger partial charge in [0.2, 0.25) is 5.91 Å². The predicted molar refractivity (Wildman–Crippen MR) is 114 cm³/mol. The lowest BCUT2D eigenvalue weighted by Gasteiger charge is -2.37. The number of likely N-dealkylation sites (tertiary alicyclic amines) is 1. The van der Waals surface area contributed by atoms with Crippen LogP contribution in [0.1, 0.15) is 26.7 Å². The second-order valence-electron chi connectivity index (χ2n) is 7.55. The number of urea groups is 1. The van der Waals surface area contributed by atoms with Crippen LogP contribution in [0.2, 0.25) is 5.02 Å². The van der Waals surface area contributed by atoms with Gasteiger partial charge in [-0.3, -0.25) is 15.1 Å². The molecule has 1 fully saturated rings. The maximum absolute atomic E-state index is 12.6. The molecule has 3 amide bonds. The molecule has 1 aliphatic heterocycles. The number of anilines is 1. The Bertz CT molecular complexity index is 864. The first-order chi connectivity index (χ1) is 13.8. The Hall–Kier alpha value is -2.67. The quantitative estimate of drug-likeness (QED) is 0.821. The summed E-state index contributed by atoms with van der Waals surface area (Å²) in [5.41, 5.74) is 1.55. The van der Waals surface area contributed by atoms with Crippen LogP contribution in [0.4, 0.5) is 10.6 Å². The van der Waals surface area contributed by atoms with Gasteiger partial charge in [-0.25, -0.2) is 9.78 Å². The van der Waals surface area contributed by atoms with Gasteiger partial charge >= 0.3 is 6.03 Å². The van der Waals surface area contributed by atoms with Gasteiger partial charge in [0.25, 0.3) is 0 Å². The number of carbonyl (C=O) groups excluding carboxylic acids is 2. The van der Waals surface area contributed by atoms with E-state index in [0.29, 0.717) is 29.6 Å². The van der Waals surface area contributed by atoms with Gasteiger partial charge in [0, 0.05) is 42.7 Å². The Labute approximate surface area is 176 Å². The van der Waals surface area contributed by atoms with Crippen molar-refractivity contribution in [3.8, 4) is 11.3 Å². The number of nitrogens with zero attached hydrogens (tertiary/aromatic N) is 4. The summed E-state index contributed by atoms with van der Waals surface area (Å²) in [5, 5.41) is 3.42. The molecule has 0 radical (unpaired) electrons. The average molecular weight is 416 g/mol. The molecule has 2 heterocycles. The Morgan fingerprint density at radius 1 is 1.21 bits per heavy atom. The van der Waals surface area contributed by atoms with Crippen LogP contribution >= 0.6 is 11.6 Å². The van der Waals surface area contributed by atoms with Crippen molar-refractivity contribution in [1.29, 1.82) is 0 Å². The normalized spacial score (nSPS) is 14.7. The topological polar surface area (TPSA) is 78.4 Å².